The number of rotatable bonds is 7. The van der Waals surface area contributed by atoms with Crippen molar-refractivity contribution >= 4 is 39.2 Å². The van der Waals surface area contributed by atoms with Crippen molar-refractivity contribution in [2.75, 3.05) is 5.32 Å². The molecule has 0 radical (unpaired) electrons. The molecular formula is C23H20N4O4S. The number of aromatic nitrogens is 3. The quantitative estimate of drug-likeness (QED) is 0.418. The number of H-pyrrole nitrogens is 1. The Morgan fingerprint density at radius 3 is 2.66 bits per heavy atom. The second-order valence-electron chi connectivity index (χ2n) is 7.06. The van der Waals surface area contributed by atoms with Gasteiger partial charge in [-0.05, 0) is 19.1 Å². The molecular weight excluding hydrogens is 428 g/mol. The van der Waals surface area contributed by atoms with Gasteiger partial charge in [0.15, 0.2) is 11.2 Å². The number of anilines is 1. The number of benzene rings is 2. The van der Waals surface area contributed by atoms with Gasteiger partial charge in [-0.15, -0.1) is 11.3 Å². The molecule has 0 fully saturated rings. The fraction of sp³-hybridized carbons (Fsp3) is 0.174. The minimum atomic E-state index is -0.991. The maximum atomic E-state index is 12.4. The van der Waals surface area contributed by atoms with Crippen molar-refractivity contribution in [2.45, 2.75) is 25.9 Å². The second kappa shape index (κ2) is 9.52. The Morgan fingerprint density at radius 2 is 1.84 bits per heavy atom. The normalized spacial score (nSPS) is 11.8. The average molecular weight is 449 g/mol. The molecule has 4 rings (SSSR count). The van der Waals surface area contributed by atoms with Crippen LogP contribution in [0.1, 0.15) is 19.2 Å². The number of nitrogens with one attached hydrogen (secondary N) is 2. The van der Waals surface area contributed by atoms with Gasteiger partial charge in [0.05, 0.1) is 23.0 Å². The molecule has 1 atom stereocenters. The lowest BCUT2D eigenvalue weighted by atomic mass is 10.2. The van der Waals surface area contributed by atoms with Crippen molar-refractivity contribution in [3.8, 4) is 11.3 Å². The van der Waals surface area contributed by atoms with Gasteiger partial charge < -0.3 is 9.72 Å². The van der Waals surface area contributed by atoms with Crippen molar-refractivity contribution < 1.29 is 14.3 Å². The Balaban J connectivity index is 1.30. The van der Waals surface area contributed by atoms with Crippen LogP contribution in [-0.2, 0) is 20.7 Å². The molecule has 2 aromatic carbocycles. The number of nitrogens with zero attached hydrogens (tertiary/aromatic N) is 2. The monoisotopic (exact) mass is 448 g/mol. The minimum absolute atomic E-state index is 0.0195. The predicted molar refractivity (Wildman–Crippen MR) is 122 cm³/mol. The Kier molecular flexibility index (Phi) is 6.37. The highest BCUT2D eigenvalue weighted by molar-refractivity contribution is 7.14. The summed E-state index contributed by atoms with van der Waals surface area (Å²) in [5.74, 6) is -0.642. The van der Waals surface area contributed by atoms with Gasteiger partial charge in [0.25, 0.3) is 11.5 Å². The average Bonchev–Trinajstić information content (AvgIpc) is 3.27. The van der Waals surface area contributed by atoms with Gasteiger partial charge in [0.1, 0.15) is 5.82 Å². The number of aromatic amines is 1. The number of carbonyl (C=O) groups is 2. The van der Waals surface area contributed by atoms with E-state index in [2.05, 4.69) is 20.3 Å². The van der Waals surface area contributed by atoms with Crippen molar-refractivity contribution in [1.82, 2.24) is 15.0 Å². The van der Waals surface area contributed by atoms with E-state index in [-0.39, 0.29) is 18.4 Å². The fourth-order valence-electron chi connectivity index (χ4n) is 3.06. The maximum Gasteiger partial charge on any atom is 0.307 e. The van der Waals surface area contributed by atoms with Crippen LogP contribution in [0.3, 0.4) is 0 Å². The molecule has 0 aliphatic heterocycles. The van der Waals surface area contributed by atoms with E-state index in [0.717, 1.165) is 11.3 Å². The van der Waals surface area contributed by atoms with Crippen molar-refractivity contribution in [2.24, 2.45) is 0 Å². The number of para-hydroxylation sites is 1. The van der Waals surface area contributed by atoms with E-state index in [4.69, 9.17) is 4.74 Å². The summed E-state index contributed by atoms with van der Waals surface area (Å²) in [6.07, 6.45) is -0.815. The van der Waals surface area contributed by atoms with Crippen LogP contribution in [0.4, 0.5) is 5.13 Å². The van der Waals surface area contributed by atoms with E-state index < -0.39 is 18.0 Å². The molecule has 0 saturated carbocycles. The lowest BCUT2D eigenvalue weighted by molar-refractivity contribution is -0.153. The highest BCUT2D eigenvalue weighted by Gasteiger charge is 2.19. The summed E-state index contributed by atoms with van der Waals surface area (Å²) in [7, 11) is 0. The van der Waals surface area contributed by atoms with Crippen LogP contribution in [0.5, 0.6) is 0 Å². The molecule has 2 aromatic heterocycles. The molecule has 2 heterocycles. The van der Waals surface area contributed by atoms with Crippen molar-refractivity contribution in [3.05, 3.63) is 76.2 Å². The molecule has 0 unspecified atom stereocenters. The van der Waals surface area contributed by atoms with Gasteiger partial charge in [0.2, 0.25) is 0 Å². The largest absolute Gasteiger partial charge is 0.453 e. The van der Waals surface area contributed by atoms with Crippen LogP contribution in [0, 0.1) is 0 Å². The minimum Gasteiger partial charge on any atom is -0.453 e. The van der Waals surface area contributed by atoms with Crippen LogP contribution in [-0.4, -0.2) is 32.9 Å². The summed E-state index contributed by atoms with van der Waals surface area (Å²) in [6, 6.07) is 16.6. The molecule has 1 amide bonds. The zero-order valence-electron chi connectivity index (χ0n) is 17.2. The van der Waals surface area contributed by atoms with Gasteiger partial charge in [-0.2, -0.15) is 0 Å². The fourth-order valence-corrected chi connectivity index (χ4v) is 3.79. The Bertz CT molecular complexity index is 1320. The molecule has 4 aromatic rings. The number of fused-ring (bicyclic) bond motifs is 1. The van der Waals surface area contributed by atoms with E-state index in [1.807, 2.05) is 35.7 Å². The standard InChI is InChI=1S/C23H20N4O4S/c1-14(21(29)27-23-25-18(13-32-23)15-7-3-2-4-8-15)31-20(28)12-11-19-24-17-10-6-5-9-16(17)22(30)26-19/h2-10,13-14H,11-12H2,1H3,(H,24,26,30)(H,25,27,29)/t14-/m0/s1. The SMILES string of the molecule is C[C@H](OC(=O)CCc1nc2ccccc2c(=O)[nH]1)C(=O)Nc1nc(-c2ccccc2)cs1. The second-order valence-corrected chi connectivity index (χ2v) is 7.91. The zero-order valence-corrected chi connectivity index (χ0v) is 18.0. The first-order valence-electron chi connectivity index (χ1n) is 9.99. The molecule has 9 heteroatoms. The number of esters is 1. The third-order valence-electron chi connectivity index (χ3n) is 4.71. The molecule has 0 saturated heterocycles. The lowest BCUT2D eigenvalue weighted by Gasteiger charge is -2.12. The molecule has 0 aliphatic rings. The van der Waals surface area contributed by atoms with Gasteiger partial charge in [-0.1, -0.05) is 42.5 Å². The maximum absolute atomic E-state index is 12.4. The number of aryl methyl sites for hydroxylation is 1. The third kappa shape index (κ3) is 5.06. The summed E-state index contributed by atoms with van der Waals surface area (Å²) in [5, 5.41) is 5.43. The van der Waals surface area contributed by atoms with Crippen LogP contribution in [0.2, 0.25) is 0 Å². The van der Waals surface area contributed by atoms with Gasteiger partial charge in [-0.25, -0.2) is 9.97 Å². The van der Waals surface area contributed by atoms with Crippen molar-refractivity contribution in [3.63, 3.8) is 0 Å². The van der Waals surface area contributed by atoms with Gasteiger partial charge in [0, 0.05) is 17.4 Å². The number of amides is 1. The number of hydrogen-bond acceptors (Lipinski definition) is 7. The summed E-state index contributed by atoms with van der Waals surface area (Å²) in [5.41, 5.74) is 2.01. The molecule has 0 spiro atoms. The van der Waals surface area contributed by atoms with E-state index >= 15 is 0 Å². The highest BCUT2D eigenvalue weighted by Crippen LogP contribution is 2.24. The highest BCUT2D eigenvalue weighted by atomic mass is 32.1. The van der Waals surface area contributed by atoms with Gasteiger partial charge in [-0.3, -0.25) is 19.7 Å². The molecule has 32 heavy (non-hydrogen) atoms. The number of carbonyl (C=O) groups excluding carboxylic acids is 2. The summed E-state index contributed by atoms with van der Waals surface area (Å²) in [6.45, 7) is 1.50. The van der Waals surface area contributed by atoms with E-state index in [1.165, 1.54) is 18.3 Å². The number of thiazole rings is 1. The molecule has 0 bridgehead atoms. The number of hydrogen-bond donors (Lipinski definition) is 2. The summed E-state index contributed by atoms with van der Waals surface area (Å²) in [4.78, 5) is 48.1. The third-order valence-corrected chi connectivity index (χ3v) is 5.47. The van der Waals surface area contributed by atoms with Crippen molar-refractivity contribution in [1.29, 1.82) is 0 Å². The molecule has 8 nitrogen and oxygen atoms in total. The van der Waals surface area contributed by atoms with E-state index in [0.29, 0.717) is 21.9 Å². The van der Waals surface area contributed by atoms with E-state index in [9.17, 15) is 14.4 Å². The summed E-state index contributed by atoms with van der Waals surface area (Å²) < 4.78 is 5.22. The molecule has 2 N–H and O–H groups in total. The van der Waals surface area contributed by atoms with Gasteiger partial charge >= 0.3 is 5.97 Å². The Labute approximate surface area is 187 Å². The first-order chi connectivity index (χ1) is 15.5. The molecule has 162 valence electrons. The topological polar surface area (TPSA) is 114 Å². The first-order valence-corrected chi connectivity index (χ1v) is 10.9. The van der Waals surface area contributed by atoms with Crippen LogP contribution in [0.15, 0.2) is 64.8 Å². The van der Waals surface area contributed by atoms with E-state index in [1.54, 1.807) is 24.3 Å². The first kappa shape index (κ1) is 21.4. The van der Waals surface area contributed by atoms with Crippen LogP contribution >= 0.6 is 11.3 Å². The Morgan fingerprint density at radius 1 is 1.09 bits per heavy atom. The zero-order chi connectivity index (χ0) is 22.5. The predicted octanol–water partition coefficient (Wildman–Crippen LogP) is 3.55. The molecule has 0 aliphatic carbocycles. The lowest BCUT2D eigenvalue weighted by Crippen LogP contribution is -2.30. The van der Waals surface area contributed by atoms with Crippen LogP contribution in [0.25, 0.3) is 22.2 Å². The summed E-state index contributed by atoms with van der Waals surface area (Å²) >= 11 is 1.29. The van der Waals surface area contributed by atoms with Crippen LogP contribution < -0.4 is 10.9 Å². The Hall–Kier alpha value is -3.85. The smallest absolute Gasteiger partial charge is 0.307 e. The number of ether oxygens (including phenoxy) is 1.